The smallest absolute Gasteiger partial charge is 0.0897 e. The van der Waals surface area contributed by atoms with E-state index in [1.807, 2.05) is 7.05 Å². The third-order valence-electron chi connectivity index (χ3n) is 3.50. The zero-order chi connectivity index (χ0) is 15.2. The average Bonchev–Trinajstić information content (AvgIpc) is 2.85. The van der Waals surface area contributed by atoms with Gasteiger partial charge in [0.15, 0.2) is 0 Å². The highest BCUT2D eigenvalue weighted by molar-refractivity contribution is 9.10. The number of rotatable bonds is 7. The first kappa shape index (κ1) is 16.6. The topological polar surface area (TPSA) is 28.2 Å². The van der Waals surface area contributed by atoms with E-state index < -0.39 is 0 Å². The van der Waals surface area contributed by atoms with Crippen LogP contribution in [0.4, 0.5) is 0 Å². The zero-order valence-electron chi connectivity index (χ0n) is 12.8. The minimum Gasteiger partial charge on any atom is -0.313 e. The minimum atomic E-state index is 0.377. The minimum absolute atomic E-state index is 0.377. The Morgan fingerprint density at radius 2 is 2.24 bits per heavy atom. The van der Waals surface area contributed by atoms with E-state index in [-0.39, 0.29) is 0 Å². The monoisotopic (exact) mass is 367 g/mol. The van der Waals surface area contributed by atoms with Gasteiger partial charge in [0.1, 0.15) is 0 Å². The first-order chi connectivity index (χ1) is 10.1. The van der Waals surface area contributed by atoms with Gasteiger partial charge in [0.2, 0.25) is 0 Å². The molecule has 0 aliphatic rings. The van der Waals surface area contributed by atoms with Crippen LogP contribution >= 0.6 is 27.3 Å². The standard InChI is InChI=1S/C16H22BrN3S/c1-12-19-15(11-21-12)10-20(3)8-7-16(18-2)13-5-4-6-14(17)9-13/h4-6,9,11,16,18H,7-8,10H2,1-3H3. The van der Waals surface area contributed by atoms with Crippen LogP contribution in [0.5, 0.6) is 0 Å². The molecule has 0 saturated carbocycles. The van der Waals surface area contributed by atoms with E-state index in [0.29, 0.717) is 6.04 Å². The number of nitrogens with one attached hydrogen (secondary N) is 1. The van der Waals surface area contributed by atoms with Gasteiger partial charge in [-0.2, -0.15) is 0 Å². The van der Waals surface area contributed by atoms with E-state index in [4.69, 9.17) is 0 Å². The maximum atomic E-state index is 4.52. The Balaban J connectivity index is 1.87. The summed E-state index contributed by atoms with van der Waals surface area (Å²) >= 11 is 5.26. The first-order valence-corrected chi connectivity index (χ1v) is 8.78. The molecule has 3 nitrogen and oxygen atoms in total. The number of benzene rings is 1. The summed E-state index contributed by atoms with van der Waals surface area (Å²) in [6.45, 7) is 4.01. The summed E-state index contributed by atoms with van der Waals surface area (Å²) in [5.74, 6) is 0. The summed E-state index contributed by atoms with van der Waals surface area (Å²) in [5, 5.41) is 6.70. The Hall–Kier alpha value is -0.750. The van der Waals surface area contributed by atoms with Crippen LogP contribution in [0.1, 0.15) is 28.7 Å². The van der Waals surface area contributed by atoms with Crippen LogP contribution in [-0.4, -0.2) is 30.5 Å². The molecule has 5 heteroatoms. The number of hydrogen-bond acceptors (Lipinski definition) is 4. The SMILES string of the molecule is CNC(CCN(C)Cc1csc(C)n1)c1cccc(Br)c1. The highest BCUT2D eigenvalue weighted by Gasteiger charge is 2.11. The van der Waals surface area contributed by atoms with Gasteiger partial charge in [-0.3, -0.25) is 0 Å². The average molecular weight is 368 g/mol. The Labute approximate surface area is 139 Å². The van der Waals surface area contributed by atoms with Crippen molar-refractivity contribution < 1.29 is 0 Å². The van der Waals surface area contributed by atoms with Gasteiger partial charge in [-0.15, -0.1) is 11.3 Å². The van der Waals surface area contributed by atoms with Crippen LogP contribution in [0, 0.1) is 6.92 Å². The molecule has 0 aliphatic carbocycles. The van der Waals surface area contributed by atoms with Crippen molar-refractivity contribution >= 4 is 27.3 Å². The third kappa shape index (κ3) is 5.18. The van der Waals surface area contributed by atoms with Crippen LogP contribution in [0.25, 0.3) is 0 Å². The predicted molar refractivity (Wildman–Crippen MR) is 93.7 cm³/mol. The molecule has 21 heavy (non-hydrogen) atoms. The Morgan fingerprint density at radius 1 is 1.43 bits per heavy atom. The molecule has 2 rings (SSSR count). The molecule has 2 aromatic rings. The Bertz CT molecular complexity index is 570. The fourth-order valence-corrected chi connectivity index (χ4v) is 3.41. The van der Waals surface area contributed by atoms with E-state index in [2.05, 4.69) is 74.7 Å². The van der Waals surface area contributed by atoms with E-state index >= 15 is 0 Å². The number of aromatic nitrogens is 1. The fraction of sp³-hybridized carbons (Fsp3) is 0.438. The van der Waals surface area contributed by atoms with E-state index in [1.54, 1.807) is 11.3 Å². The van der Waals surface area contributed by atoms with Crippen LogP contribution in [0.3, 0.4) is 0 Å². The van der Waals surface area contributed by atoms with Crippen molar-refractivity contribution in [3.63, 3.8) is 0 Å². The number of hydrogen-bond donors (Lipinski definition) is 1. The lowest BCUT2D eigenvalue weighted by Crippen LogP contribution is -2.25. The summed E-state index contributed by atoms with van der Waals surface area (Å²) < 4.78 is 1.13. The van der Waals surface area contributed by atoms with E-state index in [1.165, 1.54) is 11.3 Å². The molecule has 0 fully saturated rings. The van der Waals surface area contributed by atoms with Crippen molar-refractivity contribution in [2.24, 2.45) is 0 Å². The second-order valence-corrected chi connectivity index (χ2v) is 7.26. The normalized spacial score (nSPS) is 12.8. The maximum Gasteiger partial charge on any atom is 0.0897 e. The summed E-state index contributed by atoms with van der Waals surface area (Å²) in [5.41, 5.74) is 2.49. The lowest BCUT2D eigenvalue weighted by atomic mass is 10.0. The van der Waals surface area contributed by atoms with Crippen LogP contribution in [-0.2, 0) is 6.54 Å². The quantitative estimate of drug-likeness (QED) is 0.801. The van der Waals surface area contributed by atoms with Gasteiger partial charge in [0.05, 0.1) is 10.7 Å². The second-order valence-electron chi connectivity index (χ2n) is 5.28. The van der Waals surface area contributed by atoms with Crippen molar-refractivity contribution in [1.82, 2.24) is 15.2 Å². The van der Waals surface area contributed by atoms with Gasteiger partial charge in [-0.05, 0) is 45.1 Å². The van der Waals surface area contributed by atoms with Gasteiger partial charge in [-0.1, -0.05) is 28.1 Å². The molecule has 0 bridgehead atoms. The molecular formula is C16H22BrN3S. The summed E-state index contributed by atoms with van der Waals surface area (Å²) in [4.78, 5) is 6.85. The molecular weight excluding hydrogens is 346 g/mol. The van der Waals surface area contributed by atoms with E-state index in [0.717, 1.165) is 29.0 Å². The number of aryl methyl sites for hydroxylation is 1. The van der Waals surface area contributed by atoms with Crippen LogP contribution < -0.4 is 5.32 Å². The lowest BCUT2D eigenvalue weighted by molar-refractivity contribution is 0.301. The molecule has 1 aromatic carbocycles. The zero-order valence-corrected chi connectivity index (χ0v) is 15.2. The highest BCUT2D eigenvalue weighted by Crippen LogP contribution is 2.21. The maximum absolute atomic E-state index is 4.52. The van der Waals surface area contributed by atoms with Gasteiger partial charge >= 0.3 is 0 Å². The number of nitrogens with zero attached hydrogens (tertiary/aromatic N) is 2. The Kier molecular flexibility index (Phi) is 6.36. The molecule has 1 atom stereocenters. The molecule has 0 amide bonds. The van der Waals surface area contributed by atoms with Crippen molar-refractivity contribution in [3.8, 4) is 0 Å². The highest BCUT2D eigenvalue weighted by atomic mass is 79.9. The largest absolute Gasteiger partial charge is 0.313 e. The number of halogens is 1. The molecule has 1 N–H and O–H groups in total. The van der Waals surface area contributed by atoms with Gasteiger partial charge in [-0.25, -0.2) is 4.98 Å². The summed E-state index contributed by atoms with van der Waals surface area (Å²) in [7, 11) is 4.18. The second kappa shape index (κ2) is 8.03. The van der Waals surface area contributed by atoms with Crippen molar-refractivity contribution in [2.75, 3.05) is 20.6 Å². The van der Waals surface area contributed by atoms with Gasteiger partial charge in [0, 0.05) is 29.0 Å². The van der Waals surface area contributed by atoms with E-state index in [9.17, 15) is 0 Å². The summed E-state index contributed by atoms with van der Waals surface area (Å²) in [6.07, 6.45) is 1.08. The summed E-state index contributed by atoms with van der Waals surface area (Å²) in [6, 6.07) is 8.89. The molecule has 1 heterocycles. The molecule has 0 radical (unpaired) electrons. The fourth-order valence-electron chi connectivity index (χ4n) is 2.39. The van der Waals surface area contributed by atoms with Crippen molar-refractivity contribution in [2.45, 2.75) is 25.9 Å². The van der Waals surface area contributed by atoms with Crippen molar-refractivity contribution in [3.05, 3.63) is 50.4 Å². The van der Waals surface area contributed by atoms with Gasteiger partial charge in [0.25, 0.3) is 0 Å². The Morgan fingerprint density at radius 3 is 2.86 bits per heavy atom. The predicted octanol–water partition coefficient (Wildman–Crippen LogP) is 4.00. The lowest BCUT2D eigenvalue weighted by Gasteiger charge is -2.21. The third-order valence-corrected chi connectivity index (χ3v) is 4.81. The molecule has 0 aliphatic heterocycles. The first-order valence-electron chi connectivity index (χ1n) is 7.10. The molecule has 114 valence electrons. The van der Waals surface area contributed by atoms with Crippen molar-refractivity contribution in [1.29, 1.82) is 0 Å². The molecule has 1 unspecified atom stereocenters. The molecule has 1 aromatic heterocycles. The van der Waals surface area contributed by atoms with Gasteiger partial charge < -0.3 is 10.2 Å². The van der Waals surface area contributed by atoms with Crippen LogP contribution in [0.15, 0.2) is 34.1 Å². The number of thiazole rings is 1. The molecule has 0 spiro atoms. The molecule has 0 saturated heterocycles. The van der Waals surface area contributed by atoms with Crippen LogP contribution in [0.2, 0.25) is 0 Å².